The zero-order valence-electron chi connectivity index (χ0n) is 11.6. The van der Waals surface area contributed by atoms with Crippen LogP contribution >= 0.6 is 0 Å². The predicted molar refractivity (Wildman–Crippen MR) is 71.4 cm³/mol. The highest BCUT2D eigenvalue weighted by atomic mass is 16.5. The van der Waals surface area contributed by atoms with Gasteiger partial charge in [0.15, 0.2) is 0 Å². The van der Waals surface area contributed by atoms with Crippen LogP contribution in [0.4, 0.5) is 0 Å². The van der Waals surface area contributed by atoms with E-state index in [4.69, 9.17) is 15.6 Å². The molecule has 1 aliphatic rings. The van der Waals surface area contributed by atoms with Crippen LogP contribution in [-0.4, -0.2) is 29.8 Å². The molecule has 1 rings (SSSR count). The molecule has 4 nitrogen and oxygen atoms in total. The Bertz CT molecular complexity index is 249. The van der Waals surface area contributed by atoms with E-state index in [1.165, 1.54) is 32.1 Å². The Kier molecular flexibility index (Phi) is 6.65. The van der Waals surface area contributed by atoms with Crippen molar-refractivity contribution in [2.45, 2.75) is 64.5 Å². The number of aliphatic carboxylic acids is 1. The fraction of sp³-hybridized carbons (Fsp3) is 0.929. The summed E-state index contributed by atoms with van der Waals surface area (Å²) in [7, 11) is 0. The molecule has 3 N–H and O–H groups in total. The molecule has 0 aromatic carbocycles. The Morgan fingerprint density at radius 1 is 1.33 bits per heavy atom. The Morgan fingerprint density at radius 3 is 2.44 bits per heavy atom. The summed E-state index contributed by atoms with van der Waals surface area (Å²) in [6.45, 7) is 4.05. The first-order chi connectivity index (χ1) is 8.50. The van der Waals surface area contributed by atoms with Crippen molar-refractivity contribution >= 4 is 5.97 Å². The minimum Gasteiger partial charge on any atom is -0.481 e. The van der Waals surface area contributed by atoms with E-state index >= 15 is 0 Å². The van der Waals surface area contributed by atoms with Crippen LogP contribution in [0.25, 0.3) is 0 Å². The number of carbonyl (C=O) groups is 1. The molecule has 0 heterocycles. The van der Waals surface area contributed by atoms with E-state index in [9.17, 15) is 4.79 Å². The van der Waals surface area contributed by atoms with Gasteiger partial charge < -0.3 is 15.6 Å². The number of nitrogens with two attached hydrogens (primary N) is 1. The second kappa shape index (κ2) is 7.74. The second-order valence-corrected chi connectivity index (χ2v) is 5.72. The Labute approximate surface area is 110 Å². The lowest BCUT2D eigenvalue weighted by atomic mass is 9.83. The summed E-state index contributed by atoms with van der Waals surface area (Å²) in [4.78, 5) is 11.1. The SMILES string of the molecule is C[C@@H](N)CO[C@H](CC1CCCCC1)[C@@H](C)C(=O)O. The Hall–Kier alpha value is -0.610. The molecular weight excluding hydrogens is 230 g/mol. The molecule has 1 saturated carbocycles. The molecule has 0 aliphatic heterocycles. The van der Waals surface area contributed by atoms with E-state index in [1.807, 2.05) is 6.92 Å². The van der Waals surface area contributed by atoms with Gasteiger partial charge in [0, 0.05) is 6.04 Å². The molecule has 0 aromatic heterocycles. The highest BCUT2D eigenvalue weighted by molar-refractivity contribution is 5.70. The summed E-state index contributed by atoms with van der Waals surface area (Å²) in [6, 6.07) is -0.0418. The molecule has 106 valence electrons. The number of carboxylic acids is 1. The van der Waals surface area contributed by atoms with E-state index in [0.717, 1.165) is 6.42 Å². The average molecular weight is 257 g/mol. The maximum atomic E-state index is 11.1. The van der Waals surface area contributed by atoms with Gasteiger partial charge in [-0.3, -0.25) is 4.79 Å². The highest BCUT2D eigenvalue weighted by Crippen LogP contribution is 2.30. The van der Waals surface area contributed by atoms with Gasteiger partial charge in [-0.05, 0) is 26.2 Å². The van der Waals surface area contributed by atoms with Crippen molar-refractivity contribution in [1.29, 1.82) is 0 Å². The van der Waals surface area contributed by atoms with Crippen molar-refractivity contribution < 1.29 is 14.6 Å². The van der Waals surface area contributed by atoms with Crippen LogP contribution < -0.4 is 5.73 Å². The fourth-order valence-electron chi connectivity index (χ4n) is 2.60. The standard InChI is InChI=1S/C14H27NO3/c1-10(15)9-18-13(11(2)14(16)17)8-12-6-4-3-5-7-12/h10-13H,3-9,15H2,1-2H3,(H,16,17)/t10-,11-,13-/m1/s1. The van der Waals surface area contributed by atoms with Gasteiger partial charge in [-0.15, -0.1) is 0 Å². The fourth-order valence-corrected chi connectivity index (χ4v) is 2.60. The average Bonchev–Trinajstić information content (AvgIpc) is 2.34. The first-order valence-corrected chi connectivity index (χ1v) is 7.10. The molecule has 0 saturated heterocycles. The van der Waals surface area contributed by atoms with Crippen molar-refractivity contribution in [2.75, 3.05) is 6.61 Å². The number of hydrogen-bond acceptors (Lipinski definition) is 3. The van der Waals surface area contributed by atoms with Crippen LogP contribution in [0.3, 0.4) is 0 Å². The lowest BCUT2D eigenvalue weighted by molar-refractivity contribution is -0.147. The minimum absolute atomic E-state index is 0.0418. The zero-order chi connectivity index (χ0) is 13.5. The molecule has 3 atom stereocenters. The summed E-state index contributed by atoms with van der Waals surface area (Å²) in [5.41, 5.74) is 5.68. The number of carboxylic acid groups (broad SMARTS) is 1. The van der Waals surface area contributed by atoms with E-state index in [2.05, 4.69) is 0 Å². The molecule has 18 heavy (non-hydrogen) atoms. The third-order valence-electron chi connectivity index (χ3n) is 3.81. The third kappa shape index (κ3) is 5.36. The van der Waals surface area contributed by atoms with Gasteiger partial charge in [-0.25, -0.2) is 0 Å². The minimum atomic E-state index is -0.777. The van der Waals surface area contributed by atoms with Crippen LogP contribution in [0.5, 0.6) is 0 Å². The first kappa shape index (κ1) is 15.4. The Balaban J connectivity index is 2.49. The van der Waals surface area contributed by atoms with E-state index < -0.39 is 11.9 Å². The predicted octanol–water partition coefficient (Wildman–Crippen LogP) is 2.41. The molecule has 1 fully saturated rings. The molecule has 1 aliphatic carbocycles. The summed E-state index contributed by atoms with van der Waals surface area (Å²) in [5.74, 6) is -0.607. The molecule has 0 aromatic rings. The van der Waals surface area contributed by atoms with Crippen LogP contribution in [0.2, 0.25) is 0 Å². The second-order valence-electron chi connectivity index (χ2n) is 5.72. The summed E-state index contributed by atoms with van der Waals surface area (Å²) in [5, 5.41) is 9.14. The van der Waals surface area contributed by atoms with Gasteiger partial charge in [0.05, 0.1) is 18.6 Å². The monoisotopic (exact) mass is 257 g/mol. The normalized spacial score (nSPS) is 22.4. The van der Waals surface area contributed by atoms with Crippen molar-refractivity contribution in [3.05, 3.63) is 0 Å². The van der Waals surface area contributed by atoms with Crippen molar-refractivity contribution in [2.24, 2.45) is 17.6 Å². The van der Waals surface area contributed by atoms with Crippen LogP contribution in [-0.2, 0) is 9.53 Å². The van der Waals surface area contributed by atoms with Gasteiger partial charge in [0.25, 0.3) is 0 Å². The molecule has 0 spiro atoms. The summed E-state index contributed by atoms with van der Waals surface area (Å²) >= 11 is 0. The lowest BCUT2D eigenvalue weighted by Gasteiger charge is -2.29. The maximum Gasteiger partial charge on any atom is 0.308 e. The van der Waals surface area contributed by atoms with E-state index in [0.29, 0.717) is 12.5 Å². The smallest absolute Gasteiger partial charge is 0.308 e. The van der Waals surface area contributed by atoms with Crippen molar-refractivity contribution in [3.8, 4) is 0 Å². The van der Waals surface area contributed by atoms with Gasteiger partial charge in [0.2, 0.25) is 0 Å². The summed E-state index contributed by atoms with van der Waals surface area (Å²) in [6.07, 6.45) is 6.94. The molecule has 0 unspecified atom stereocenters. The molecule has 0 bridgehead atoms. The van der Waals surface area contributed by atoms with E-state index in [-0.39, 0.29) is 12.1 Å². The Morgan fingerprint density at radius 2 is 1.94 bits per heavy atom. The zero-order valence-corrected chi connectivity index (χ0v) is 11.6. The number of rotatable bonds is 7. The quantitative estimate of drug-likeness (QED) is 0.734. The van der Waals surface area contributed by atoms with Crippen molar-refractivity contribution in [3.63, 3.8) is 0 Å². The largest absolute Gasteiger partial charge is 0.481 e. The van der Waals surface area contributed by atoms with Crippen LogP contribution in [0.15, 0.2) is 0 Å². The maximum absolute atomic E-state index is 11.1. The third-order valence-corrected chi connectivity index (χ3v) is 3.81. The van der Waals surface area contributed by atoms with Gasteiger partial charge in [-0.2, -0.15) is 0 Å². The van der Waals surface area contributed by atoms with Gasteiger partial charge in [-0.1, -0.05) is 32.1 Å². The molecular formula is C14H27NO3. The van der Waals surface area contributed by atoms with Crippen molar-refractivity contribution in [1.82, 2.24) is 0 Å². The van der Waals surface area contributed by atoms with Gasteiger partial charge >= 0.3 is 5.97 Å². The van der Waals surface area contributed by atoms with Crippen LogP contribution in [0.1, 0.15) is 52.4 Å². The lowest BCUT2D eigenvalue weighted by Crippen LogP contribution is -2.34. The molecule has 0 radical (unpaired) electrons. The molecule has 0 amide bonds. The van der Waals surface area contributed by atoms with E-state index in [1.54, 1.807) is 6.92 Å². The molecule has 4 heteroatoms. The van der Waals surface area contributed by atoms with Crippen LogP contribution in [0, 0.1) is 11.8 Å². The summed E-state index contributed by atoms with van der Waals surface area (Å²) < 4.78 is 5.72. The first-order valence-electron chi connectivity index (χ1n) is 7.10. The van der Waals surface area contributed by atoms with Gasteiger partial charge in [0.1, 0.15) is 0 Å². The topological polar surface area (TPSA) is 72.5 Å². The number of hydrogen-bond donors (Lipinski definition) is 2. The highest BCUT2D eigenvalue weighted by Gasteiger charge is 2.28. The number of ether oxygens (including phenoxy) is 1.